The fourth-order valence-electron chi connectivity index (χ4n) is 1.99. The molecule has 0 saturated heterocycles. The maximum absolute atomic E-state index is 9.55. The van der Waals surface area contributed by atoms with Crippen LogP contribution in [-0.4, -0.2) is 14.9 Å². The standard InChI is InChI=1S/C16H22N2O2/c1-11(2)18-8-7-15(17-18)10-20-16-6-5-14(13(4)19)9-12(16)3/h5-9,11,13,19H,10H2,1-4H3/t13-/m0/s1. The van der Waals surface area contributed by atoms with Gasteiger partial charge in [0.2, 0.25) is 0 Å². The third kappa shape index (κ3) is 3.39. The smallest absolute Gasteiger partial charge is 0.132 e. The van der Waals surface area contributed by atoms with Crippen LogP contribution in [0.4, 0.5) is 0 Å². The Morgan fingerprint density at radius 3 is 2.55 bits per heavy atom. The Kier molecular flexibility index (Phi) is 4.45. The molecule has 2 rings (SSSR count). The summed E-state index contributed by atoms with van der Waals surface area (Å²) in [5, 5.41) is 14.0. The molecular formula is C16H22N2O2. The topological polar surface area (TPSA) is 47.3 Å². The zero-order valence-electron chi connectivity index (χ0n) is 12.5. The molecule has 0 amide bonds. The lowest BCUT2D eigenvalue weighted by atomic mass is 10.1. The summed E-state index contributed by atoms with van der Waals surface area (Å²) in [4.78, 5) is 0. The van der Waals surface area contributed by atoms with Crippen molar-refractivity contribution >= 4 is 0 Å². The second-order valence-electron chi connectivity index (χ2n) is 5.37. The molecule has 0 unspecified atom stereocenters. The lowest BCUT2D eigenvalue weighted by Gasteiger charge is -2.11. The van der Waals surface area contributed by atoms with Gasteiger partial charge in [-0.05, 0) is 57.0 Å². The van der Waals surface area contributed by atoms with Gasteiger partial charge in [0.05, 0.1) is 11.8 Å². The highest BCUT2D eigenvalue weighted by Gasteiger charge is 2.07. The van der Waals surface area contributed by atoms with Crippen LogP contribution in [0.2, 0.25) is 0 Å². The van der Waals surface area contributed by atoms with E-state index >= 15 is 0 Å². The highest BCUT2D eigenvalue weighted by Crippen LogP contribution is 2.23. The molecule has 4 heteroatoms. The fraction of sp³-hybridized carbons (Fsp3) is 0.438. The van der Waals surface area contributed by atoms with E-state index in [2.05, 4.69) is 18.9 Å². The van der Waals surface area contributed by atoms with E-state index in [1.54, 1.807) is 6.92 Å². The molecule has 0 fully saturated rings. The van der Waals surface area contributed by atoms with Crippen molar-refractivity contribution in [2.75, 3.05) is 0 Å². The number of aromatic nitrogens is 2. The number of hydrogen-bond acceptors (Lipinski definition) is 3. The van der Waals surface area contributed by atoms with E-state index in [0.29, 0.717) is 12.6 Å². The second-order valence-corrected chi connectivity index (χ2v) is 5.37. The summed E-state index contributed by atoms with van der Waals surface area (Å²) in [5.41, 5.74) is 2.84. The van der Waals surface area contributed by atoms with Crippen LogP contribution < -0.4 is 4.74 Å². The lowest BCUT2D eigenvalue weighted by molar-refractivity contribution is 0.199. The molecule has 0 saturated carbocycles. The molecule has 0 bridgehead atoms. The van der Waals surface area contributed by atoms with Crippen molar-refractivity contribution in [3.05, 3.63) is 47.3 Å². The molecule has 0 aliphatic heterocycles. The Balaban J connectivity index is 2.03. The normalized spacial score (nSPS) is 12.7. The van der Waals surface area contributed by atoms with Gasteiger partial charge in [-0.25, -0.2) is 0 Å². The largest absolute Gasteiger partial charge is 0.487 e. The Morgan fingerprint density at radius 1 is 1.25 bits per heavy atom. The number of aryl methyl sites for hydroxylation is 1. The summed E-state index contributed by atoms with van der Waals surface area (Å²) < 4.78 is 7.71. The zero-order valence-corrected chi connectivity index (χ0v) is 12.5. The quantitative estimate of drug-likeness (QED) is 0.909. The molecule has 1 N–H and O–H groups in total. The Morgan fingerprint density at radius 2 is 2.00 bits per heavy atom. The van der Waals surface area contributed by atoms with Crippen LogP contribution in [0.3, 0.4) is 0 Å². The Bertz CT molecular complexity index is 574. The average molecular weight is 274 g/mol. The molecule has 1 aromatic carbocycles. The third-order valence-electron chi connectivity index (χ3n) is 3.25. The molecule has 1 aromatic heterocycles. The van der Waals surface area contributed by atoms with Crippen molar-refractivity contribution < 1.29 is 9.84 Å². The van der Waals surface area contributed by atoms with Crippen molar-refractivity contribution in [1.82, 2.24) is 9.78 Å². The van der Waals surface area contributed by atoms with E-state index in [1.807, 2.05) is 42.1 Å². The minimum Gasteiger partial charge on any atom is -0.487 e. The molecule has 20 heavy (non-hydrogen) atoms. The van der Waals surface area contributed by atoms with Crippen molar-refractivity contribution in [2.45, 2.75) is 46.4 Å². The maximum atomic E-state index is 9.55. The van der Waals surface area contributed by atoms with Gasteiger partial charge in [0.15, 0.2) is 0 Å². The minimum atomic E-state index is -0.454. The highest BCUT2D eigenvalue weighted by atomic mass is 16.5. The van der Waals surface area contributed by atoms with E-state index in [0.717, 1.165) is 22.6 Å². The molecule has 0 radical (unpaired) electrons. The highest BCUT2D eigenvalue weighted by molar-refractivity contribution is 5.37. The first kappa shape index (κ1) is 14.6. The summed E-state index contributed by atoms with van der Waals surface area (Å²) in [6, 6.07) is 8.07. The fourth-order valence-corrected chi connectivity index (χ4v) is 1.99. The number of nitrogens with zero attached hydrogens (tertiary/aromatic N) is 2. The second kappa shape index (κ2) is 6.09. The predicted molar refractivity (Wildman–Crippen MR) is 78.8 cm³/mol. The number of benzene rings is 1. The van der Waals surface area contributed by atoms with E-state index in [1.165, 1.54) is 0 Å². The van der Waals surface area contributed by atoms with Gasteiger partial charge in [0, 0.05) is 12.2 Å². The average Bonchev–Trinajstić information content (AvgIpc) is 2.86. The minimum absolute atomic E-state index is 0.357. The predicted octanol–water partition coefficient (Wildman–Crippen LogP) is 3.40. The molecular weight excluding hydrogens is 252 g/mol. The molecule has 1 atom stereocenters. The van der Waals surface area contributed by atoms with E-state index in [9.17, 15) is 5.11 Å². The van der Waals surface area contributed by atoms with Gasteiger partial charge in [-0.3, -0.25) is 4.68 Å². The van der Waals surface area contributed by atoms with Gasteiger partial charge in [-0.1, -0.05) is 6.07 Å². The van der Waals surface area contributed by atoms with E-state index < -0.39 is 6.10 Å². The summed E-state index contributed by atoms with van der Waals surface area (Å²) in [6.07, 6.45) is 1.51. The first-order valence-electron chi connectivity index (χ1n) is 6.93. The summed E-state index contributed by atoms with van der Waals surface area (Å²) in [6.45, 7) is 8.38. The SMILES string of the molecule is Cc1cc([C@H](C)O)ccc1OCc1ccn(C(C)C)n1. The number of hydrogen-bond donors (Lipinski definition) is 1. The van der Waals surface area contributed by atoms with Gasteiger partial charge in [0.1, 0.15) is 12.4 Å². The van der Waals surface area contributed by atoms with E-state index in [4.69, 9.17) is 4.74 Å². The van der Waals surface area contributed by atoms with Crippen LogP contribution in [0, 0.1) is 6.92 Å². The van der Waals surface area contributed by atoms with Crippen LogP contribution in [-0.2, 0) is 6.61 Å². The third-order valence-corrected chi connectivity index (χ3v) is 3.25. The summed E-state index contributed by atoms with van der Waals surface area (Å²) >= 11 is 0. The maximum Gasteiger partial charge on any atom is 0.132 e. The van der Waals surface area contributed by atoms with E-state index in [-0.39, 0.29) is 0 Å². The van der Waals surface area contributed by atoms with Crippen LogP contribution in [0.15, 0.2) is 30.5 Å². The molecule has 2 aromatic rings. The van der Waals surface area contributed by atoms with Crippen LogP contribution >= 0.6 is 0 Å². The number of rotatable bonds is 5. The first-order valence-corrected chi connectivity index (χ1v) is 6.93. The van der Waals surface area contributed by atoms with Crippen molar-refractivity contribution in [2.24, 2.45) is 0 Å². The van der Waals surface area contributed by atoms with Gasteiger partial charge in [-0.2, -0.15) is 5.10 Å². The van der Waals surface area contributed by atoms with Crippen LogP contribution in [0.1, 0.15) is 49.7 Å². The number of ether oxygens (including phenoxy) is 1. The Hall–Kier alpha value is -1.81. The van der Waals surface area contributed by atoms with Gasteiger partial charge >= 0.3 is 0 Å². The van der Waals surface area contributed by atoms with Gasteiger partial charge in [0.25, 0.3) is 0 Å². The van der Waals surface area contributed by atoms with Crippen molar-refractivity contribution in [3.8, 4) is 5.75 Å². The molecule has 0 spiro atoms. The van der Waals surface area contributed by atoms with Crippen molar-refractivity contribution in [3.63, 3.8) is 0 Å². The molecule has 108 valence electrons. The first-order chi connectivity index (χ1) is 9.47. The van der Waals surface area contributed by atoms with Gasteiger partial charge < -0.3 is 9.84 Å². The number of aliphatic hydroxyl groups excluding tert-OH is 1. The van der Waals surface area contributed by atoms with Crippen LogP contribution in [0.5, 0.6) is 5.75 Å². The molecule has 0 aliphatic rings. The van der Waals surface area contributed by atoms with Crippen molar-refractivity contribution in [1.29, 1.82) is 0 Å². The van der Waals surface area contributed by atoms with Crippen LogP contribution in [0.25, 0.3) is 0 Å². The van der Waals surface area contributed by atoms with Gasteiger partial charge in [-0.15, -0.1) is 0 Å². The summed E-state index contributed by atoms with van der Waals surface area (Å²) in [7, 11) is 0. The number of aliphatic hydroxyl groups is 1. The molecule has 4 nitrogen and oxygen atoms in total. The lowest BCUT2D eigenvalue weighted by Crippen LogP contribution is -2.04. The Labute approximate surface area is 120 Å². The summed E-state index contributed by atoms with van der Waals surface area (Å²) in [5.74, 6) is 0.827. The molecule has 1 heterocycles. The monoisotopic (exact) mass is 274 g/mol. The zero-order chi connectivity index (χ0) is 14.7. The molecule has 0 aliphatic carbocycles.